The molecule has 0 spiro atoms. The van der Waals surface area contributed by atoms with Gasteiger partial charge in [-0.05, 0) is 12.0 Å². The van der Waals surface area contributed by atoms with Crippen molar-refractivity contribution in [1.82, 2.24) is 10.7 Å². The first-order valence-electron chi connectivity index (χ1n) is 6.42. The number of hydrogen-bond donors (Lipinski definition) is 2. The molecule has 1 aromatic rings. The second-order valence-corrected chi connectivity index (χ2v) is 4.44. The monoisotopic (exact) mass is 259 g/mol. The molecule has 5 nitrogen and oxygen atoms in total. The standard InChI is InChI=1S/C14H17N3O2/c1-2-11(10-6-4-3-5-7-10)15-14(19)12-8-9-13(18)17-16-12/h3-7,11H,2,8-9H2,1H3,(H,15,19)(H,17,18). The molecule has 2 rings (SSSR count). The Hall–Kier alpha value is -2.17. The lowest BCUT2D eigenvalue weighted by Crippen LogP contribution is -2.38. The Labute approximate surface area is 112 Å². The third-order valence-electron chi connectivity index (χ3n) is 3.08. The zero-order valence-electron chi connectivity index (χ0n) is 10.8. The van der Waals surface area contributed by atoms with Crippen LogP contribution in [0.15, 0.2) is 35.4 Å². The smallest absolute Gasteiger partial charge is 0.267 e. The molecular weight excluding hydrogens is 242 g/mol. The third-order valence-corrected chi connectivity index (χ3v) is 3.08. The van der Waals surface area contributed by atoms with Gasteiger partial charge in [0.25, 0.3) is 5.91 Å². The van der Waals surface area contributed by atoms with Gasteiger partial charge in [-0.3, -0.25) is 9.59 Å². The van der Waals surface area contributed by atoms with Gasteiger partial charge in [-0.25, -0.2) is 5.43 Å². The molecule has 1 aliphatic rings. The van der Waals surface area contributed by atoms with E-state index >= 15 is 0 Å². The molecule has 0 aromatic heterocycles. The van der Waals surface area contributed by atoms with Crippen LogP contribution in [0.1, 0.15) is 37.8 Å². The Balaban J connectivity index is 2.03. The second-order valence-electron chi connectivity index (χ2n) is 4.44. The zero-order valence-corrected chi connectivity index (χ0v) is 10.8. The maximum atomic E-state index is 12.1. The highest BCUT2D eigenvalue weighted by Gasteiger charge is 2.20. The fourth-order valence-electron chi connectivity index (χ4n) is 1.99. The molecule has 19 heavy (non-hydrogen) atoms. The summed E-state index contributed by atoms with van der Waals surface area (Å²) in [7, 11) is 0. The zero-order chi connectivity index (χ0) is 13.7. The number of rotatable bonds is 4. The van der Waals surface area contributed by atoms with E-state index in [1.54, 1.807) is 0 Å². The summed E-state index contributed by atoms with van der Waals surface area (Å²) >= 11 is 0. The van der Waals surface area contributed by atoms with E-state index in [1.165, 1.54) is 0 Å². The molecule has 1 aromatic carbocycles. The summed E-state index contributed by atoms with van der Waals surface area (Å²) < 4.78 is 0. The largest absolute Gasteiger partial charge is 0.344 e. The minimum Gasteiger partial charge on any atom is -0.344 e. The van der Waals surface area contributed by atoms with Crippen LogP contribution in [-0.2, 0) is 9.59 Å². The number of carbonyl (C=O) groups is 2. The van der Waals surface area contributed by atoms with E-state index in [9.17, 15) is 9.59 Å². The van der Waals surface area contributed by atoms with E-state index < -0.39 is 0 Å². The Morgan fingerprint density at radius 1 is 1.37 bits per heavy atom. The van der Waals surface area contributed by atoms with Crippen molar-refractivity contribution in [3.05, 3.63) is 35.9 Å². The molecule has 0 radical (unpaired) electrons. The van der Waals surface area contributed by atoms with Crippen LogP contribution in [0.3, 0.4) is 0 Å². The van der Waals surface area contributed by atoms with E-state index in [-0.39, 0.29) is 17.9 Å². The summed E-state index contributed by atoms with van der Waals surface area (Å²) in [5.74, 6) is -0.359. The highest BCUT2D eigenvalue weighted by molar-refractivity contribution is 6.39. The summed E-state index contributed by atoms with van der Waals surface area (Å²) in [4.78, 5) is 23.0. The molecule has 0 fully saturated rings. The molecule has 0 saturated carbocycles. The van der Waals surface area contributed by atoms with Gasteiger partial charge >= 0.3 is 0 Å². The molecule has 1 heterocycles. The van der Waals surface area contributed by atoms with Crippen molar-refractivity contribution in [2.24, 2.45) is 5.10 Å². The van der Waals surface area contributed by atoms with Gasteiger partial charge in [0.05, 0.1) is 6.04 Å². The van der Waals surface area contributed by atoms with Gasteiger partial charge in [-0.1, -0.05) is 37.3 Å². The topological polar surface area (TPSA) is 70.6 Å². The Morgan fingerprint density at radius 2 is 2.11 bits per heavy atom. The Bertz CT molecular complexity index is 497. The van der Waals surface area contributed by atoms with Crippen LogP contribution in [0.4, 0.5) is 0 Å². The van der Waals surface area contributed by atoms with Crippen LogP contribution in [-0.4, -0.2) is 17.5 Å². The maximum Gasteiger partial charge on any atom is 0.267 e. The third kappa shape index (κ3) is 3.40. The summed E-state index contributed by atoms with van der Waals surface area (Å²) in [5, 5.41) is 6.74. The highest BCUT2D eigenvalue weighted by atomic mass is 16.2. The number of amides is 2. The quantitative estimate of drug-likeness (QED) is 0.860. The lowest BCUT2D eigenvalue weighted by Gasteiger charge is -2.19. The van der Waals surface area contributed by atoms with Crippen LogP contribution in [0.5, 0.6) is 0 Å². The summed E-state index contributed by atoms with van der Waals surface area (Å²) in [6.45, 7) is 2.02. The van der Waals surface area contributed by atoms with Crippen molar-refractivity contribution >= 4 is 17.5 Å². The van der Waals surface area contributed by atoms with Crippen LogP contribution in [0.25, 0.3) is 0 Å². The summed E-state index contributed by atoms with van der Waals surface area (Å²) in [6.07, 6.45) is 1.51. The van der Waals surface area contributed by atoms with E-state index in [0.717, 1.165) is 12.0 Å². The lowest BCUT2D eigenvalue weighted by molar-refractivity contribution is -0.121. The van der Waals surface area contributed by atoms with Crippen LogP contribution >= 0.6 is 0 Å². The van der Waals surface area contributed by atoms with Gasteiger partial charge in [0.1, 0.15) is 5.71 Å². The van der Waals surface area contributed by atoms with E-state index in [1.807, 2.05) is 37.3 Å². The normalized spacial score (nSPS) is 16.3. The number of nitrogens with zero attached hydrogens (tertiary/aromatic N) is 1. The Kier molecular flexibility index (Phi) is 4.28. The van der Waals surface area contributed by atoms with Gasteiger partial charge in [0.2, 0.25) is 5.91 Å². The molecule has 100 valence electrons. The summed E-state index contributed by atoms with van der Waals surface area (Å²) in [6, 6.07) is 9.77. The van der Waals surface area contributed by atoms with E-state index in [0.29, 0.717) is 18.6 Å². The first-order valence-corrected chi connectivity index (χ1v) is 6.42. The minimum absolute atomic E-state index is 0.0333. The van der Waals surface area contributed by atoms with Crippen molar-refractivity contribution in [2.75, 3.05) is 0 Å². The molecule has 0 saturated heterocycles. The Morgan fingerprint density at radius 3 is 2.68 bits per heavy atom. The predicted octanol–water partition coefficient (Wildman–Crippen LogP) is 1.52. The van der Waals surface area contributed by atoms with E-state index in [4.69, 9.17) is 0 Å². The molecule has 2 N–H and O–H groups in total. The molecule has 1 unspecified atom stereocenters. The van der Waals surface area contributed by atoms with Crippen LogP contribution < -0.4 is 10.7 Å². The van der Waals surface area contributed by atoms with Crippen LogP contribution in [0.2, 0.25) is 0 Å². The van der Waals surface area contributed by atoms with Crippen LogP contribution in [0, 0.1) is 0 Å². The number of hydrogen-bond acceptors (Lipinski definition) is 3. The average Bonchev–Trinajstić information content (AvgIpc) is 2.46. The first kappa shape index (κ1) is 13.3. The van der Waals surface area contributed by atoms with Gasteiger partial charge < -0.3 is 5.32 Å². The lowest BCUT2D eigenvalue weighted by atomic mass is 10.0. The molecule has 0 aliphatic carbocycles. The van der Waals surface area contributed by atoms with Crippen molar-refractivity contribution < 1.29 is 9.59 Å². The minimum atomic E-state index is -0.212. The van der Waals surface area contributed by atoms with Crippen molar-refractivity contribution in [1.29, 1.82) is 0 Å². The predicted molar refractivity (Wildman–Crippen MR) is 72.4 cm³/mol. The van der Waals surface area contributed by atoms with Gasteiger partial charge in [-0.2, -0.15) is 5.10 Å². The number of hydrazone groups is 1. The van der Waals surface area contributed by atoms with Gasteiger partial charge in [0.15, 0.2) is 0 Å². The molecule has 5 heteroatoms. The molecular formula is C14H17N3O2. The number of benzene rings is 1. The average molecular weight is 259 g/mol. The fraction of sp³-hybridized carbons (Fsp3) is 0.357. The van der Waals surface area contributed by atoms with Crippen molar-refractivity contribution in [3.8, 4) is 0 Å². The fourth-order valence-corrected chi connectivity index (χ4v) is 1.99. The summed E-state index contributed by atoms with van der Waals surface area (Å²) in [5.41, 5.74) is 3.78. The molecule has 0 bridgehead atoms. The second kappa shape index (κ2) is 6.13. The number of carbonyl (C=O) groups excluding carboxylic acids is 2. The molecule has 2 amide bonds. The highest BCUT2D eigenvalue weighted by Crippen LogP contribution is 2.16. The van der Waals surface area contributed by atoms with Gasteiger partial charge in [-0.15, -0.1) is 0 Å². The van der Waals surface area contributed by atoms with Gasteiger partial charge in [0, 0.05) is 12.8 Å². The molecule has 1 aliphatic heterocycles. The van der Waals surface area contributed by atoms with Crippen molar-refractivity contribution in [2.45, 2.75) is 32.2 Å². The maximum absolute atomic E-state index is 12.1. The SMILES string of the molecule is CCC(NC(=O)C1=NNC(=O)CC1)c1ccccc1. The first-order chi connectivity index (χ1) is 9.20. The number of nitrogens with one attached hydrogen (secondary N) is 2. The van der Waals surface area contributed by atoms with Crippen molar-refractivity contribution in [3.63, 3.8) is 0 Å². The molecule has 1 atom stereocenters. The van der Waals surface area contributed by atoms with E-state index in [2.05, 4.69) is 15.8 Å².